The summed E-state index contributed by atoms with van der Waals surface area (Å²) in [6.45, 7) is 1.71. The summed E-state index contributed by atoms with van der Waals surface area (Å²) in [4.78, 5) is 22.3. The second-order valence-electron chi connectivity index (χ2n) is 4.63. The summed E-state index contributed by atoms with van der Waals surface area (Å²) < 4.78 is 15.4. The van der Waals surface area contributed by atoms with Crippen LogP contribution in [0.25, 0.3) is 0 Å². The highest BCUT2D eigenvalue weighted by atomic mass is 16.7. The van der Waals surface area contributed by atoms with Crippen LogP contribution in [0.5, 0.6) is 11.5 Å². The van der Waals surface area contributed by atoms with Gasteiger partial charge in [-0.25, -0.2) is 5.43 Å². The molecule has 118 valence electrons. The van der Waals surface area contributed by atoms with Crippen molar-refractivity contribution in [2.75, 3.05) is 6.79 Å². The Balaban J connectivity index is 1.79. The number of carbonyl (C=O) groups excluding carboxylic acids is 1. The molecule has 0 spiro atoms. The average molecular weight is 317 g/mol. The number of benzene rings is 1. The lowest BCUT2D eigenvalue weighted by molar-refractivity contribution is -0.385. The van der Waals surface area contributed by atoms with E-state index in [1.54, 1.807) is 13.0 Å². The Hall–Kier alpha value is -3.36. The molecule has 0 fully saturated rings. The van der Waals surface area contributed by atoms with Crippen molar-refractivity contribution in [2.45, 2.75) is 6.92 Å². The van der Waals surface area contributed by atoms with E-state index < -0.39 is 10.8 Å². The zero-order valence-electron chi connectivity index (χ0n) is 11.9. The van der Waals surface area contributed by atoms with Crippen molar-refractivity contribution in [3.05, 3.63) is 51.5 Å². The minimum atomic E-state index is -0.568. The number of aryl methyl sites for hydroxylation is 1. The Bertz CT molecular complexity index is 811. The SMILES string of the molecule is Cc1ccc(C(=O)N/N=C/c2cc3c(cc2[N+](=O)[O-])OCO3)o1. The van der Waals surface area contributed by atoms with Crippen LogP contribution in [0.3, 0.4) is 0 Å². The molecular formula is C14H11N3O6. The Morgan fingerprint density at radius 3 is 2.74 bits per heavy atom. The van der Waals surface area contributed by atoms with Gasteiger partial charge < -0.3 is 13.9 Å². The van der Waals surface area contributed by atoms with E-state index in [-0.39, 0.29) is 23.8 Å². The van der Waals surface area contributed by atoms with Gasteiger partial charge in [0.25, 0.3) is 5.69 Å². The predicted octanol–water partition coefficient (Wildman–Crippen LogP) is 1.99. The maximum atomic E-state index is 11.8. The molecule has 2 aromatic rings. The van der Waals surface area contributed by atoms with Gasteiger partial charge in [0.1, 0.15) is 5.76 Å². The lowest BCUT2D eigenvalue weighted by Crippen LogP contribution is -2.16. The normalized spacial score (nSPS) is 12.6. The number of rotatable bonds is 4. The van der Waals surface area contributed by atoms with Crippen LogP contribution in [-0.2, 0) is 0 Å². The molecule has 1 aromatic heterocycles. The second-order valence-corrected chi connectivity index (χ2v) is 4.63. The van der Waals surface area contributed by atoms with Crippen molar-refractivity contribution in [1.82, 2.24) is 5.43 Å². The number of carbonyl (C=O) groups is 1. The molecule has 0 bridgehead atoms. The van der Waals surface area contributed by atoms with E-state index in [2.05, 4.69) is 10.5 Å². The van der Waals surface area contributed by atoms with Gasteiger partial charge in [0.05, 0.1) is 22.8 Å². The minimum absolute atomic E-state index is 0.00165. The van der Waals surface area contributed by atoms with Crippen LogP contribution in [-0.4, -0.2) is 23.8 Å². The summed E-state index contributed by atoms with van der Waals surface area (Å²) in [6, 6.07) is 5.82. The van der Waals surface area contributed by atoms with Crippen LogP contribution in [0, 0.1) is 17.0 Å². The van der Waals surface area contributed by atoms with Crippen molar-refractivity contribution in [3.8, 4) is 11.5 Å². The summed E-state index contributed by atoms with van der Waals surface area (Å²) in [5.74, 6) is 0.803. The van der Waals surface area contributed by atoms with Gasteiger partial charge in [-0.2, -0.15) is 5.10 Å². The molecule has 2 heterocycles. The third kappa shape index (κ3) is 2.98. The number of nitrogens with one attached hydrogen (secondary N) is 1. The van der Waals surface area contributed by atoms with E-state index in [4.69, 9.17) is 13.9 Å². The van der Waals surface area contributed by atoms with Gasteiger partial charge in [0, 0.05) is 0 Å². The van der Waals surface area contributed by atoms with Gasteiger partial charge in [-0.3, -0.25) is 14.9 Å². The molecule has 9 nitrogen and oxygen atoms in total. The van der Waals surface area contributed by atoms with E-state index in [0.717, 1.165) is 6.21 Å². The summed E-state index contributed by atoms with van der Waals surface area (Å²) in [7, 11) is 0. The molecule has 1 aromatic carbocycles. The van der Waals surface area contributed by atoms with Gasteiger partial charge >= 0.3 is 5.91 Å². The van der Waals surface area contributed by atoms with Crippen molar-refractivity contribution >= 4 is 17.8 Å². The van der Waals surface area contributed by atoms with E-state index in [0.29, 0.717) is 17.3 Å². The van der Waals surface area contributed by atoms with Crippen LogP contribution >= 0.6 is 0 Å². The molecule has 0 unspecified atom stereocenters. The molecule has 0 saturated heterocycles. The molecule has 1 N–H and O–H groups in total. The van der Waals surface area contributed by atoms with Gasteiger partial charge in [0.15, 0.2) is 17.3 Å². The van der Waals surface area contributed by atoms with Crippen molar-refractivity contribution < 1.29 is 23.6 Å². The highest BCUT2D eigenvalue weighted by Crippen LogP contribution is 2.37. The minimum Gasteiger partial charge on any atom is -0.456 e. The Morgan fingerprint density at radius 1 is 1.35 bits per heavy atom. The highest BCUT2D eigenvalue weighted by Gasteiger charge is 2.22. The van der Waals surface area contributed by atoms with Crippen LogP contribution < -0.4 is 14.9 Å². The number of ether oxygens (including phenoxy) is 2. The topological polar surface area (TPSA) is 116 Å². The standard InChI is InChI=1S/C14H11N3O6/c1-8-2-3-11(23-8)14(18)16-15-6-9-4-12-13(22-7-21-12)5-10(9)17(19)20/h2-6H,7H2,1H3,(H,16,18)/b15-6+. The largest absolute Gasteiger partial charge is 0.456 e. The van der Waals surface area contributed by atoms with Crippen molar-refractivity contribution in [3.63, 3.8) is 0 Å². The van der Waals surface area contributed by atoms with E-state index >= 15 is 0 Å². The number of nitro benzene ring substituents is 1. The Morgan fingerprint density at radius 2 is 2.09 bits per heavy atom. The molecule has 1 amide bonds. The van der Waals surface area contributed by atoms with Gasteiger partial charge in [-0.05, 0) is 25.1 Å². The maximum Gasteiger partial charge on any atom is 0.307 e. The molecule has 0 atom stereocenters. The third-order valence-electron chi connectivity index (χ3n) is 3.05. The summed E-state index contributed by atoms with van der Waals surface area (Å²) in [6.07, 6.45) is 1.16. The molecule has 3 rings (SSSR count). The number of nitro groups is 1. The Kier molecular flexibility index (Phi) is 3.67. The summed E-state index contributed by atoms with van der Waals surface area (Å²) in [5.41, 5.74) is 2.21. The molecule has 23 heavy (non-hydrogen) atoms. The number of hydrazone groups is 1. The number of furan rings is 1. The van der Waals surface area contributed by atoms with Gasteiger partial charge in [-0.1, -0.05) is 0 Å². The third-order valence-corrected chi connectivity index (χ3v) is 3.05. The average Bonchev–Trinajstić information content (AvgIpc) is 3.14. The zero-order chi connectivity index (χ0) is 16.4. The first-order chi connectivity index (χ1) is 11.0. The quantitative estimate of drug-likeness (QED) is 0.523. The van der Waals surface area contributed by atoms with Crippen LogP contribution in [0.4, 0.5) is 5.69 Å². The van der Waals surface area contributed by atoms with Crippen LogP contribution in [0.15, 0.2) is 33.8 Å². The number of hydrogen-bond donors (Lipinski definition) is 1. The fraction of sp³-hybridized carbons (Fsp3) is 0.143. The van der Waals surface area contributed by atoms with Gasteiger partial charge in [-0.15, -0.1) is 0 Å². The molecule has 0 saturated carbocycles. The highest BCUT2D eigenvalue weighted by molar-refractivity contribution is 5.93. The number of fused-ring (bicyclic) bond motifs is 1. The number of hydrogen-bond acceptors (Lipinski definition) is 7. The summed E-state index contributed by atoms with van der Waals surface area (Å²) >= 11 is 0. The fourth-order valence-electron chi connectivity index (χ4n) is 1.98. The molecule has 0 radical (unpaired) electrons. The summed E-state index contributed by atoms with van der Waals surface area (Å²) in [5, 5.41) is 14.8. The molecular weight excluding hydrogens is 306 g/mol. The van der Waals surface area contributed by atoms with E-state index in [9.17, 15) is 14.9 Å². The zero-order valence-corrected chi connectivity index (χ0v) is 11.9. The lowest BCUT2D eigenvalue weighted by Gasteiger charge is -2.00. The predicted molar refractivity (Wildman–Crippen MR) is 77.7 cm³/mol. The number of amides is 1. The second kappa shape index (κ2) is 5.79. The number of nitrogens with zero attached hydrogens (tertiary/aromatic N) is 2. The van der Waals surface area contributed by atoms with Crippen molar-refractivity contribution in [2.24, 2.45) is 5.10 Å². The smallest absolute Gasteiger partial charge is 0.307 e. The van der Waals surface area contributed by atoms with Gasteiger partial charge in [0.2, 0.25) is 6.79 Å². The fourth-order valence-corrected chi connectivity index (χ4v) is 1.98. The maximum absolute atomic E-state index is 11.8. The first-order valence-electron chi connectivity index (χ1n) is 6.52. The molecule has 9 heteroatoms. The van der Waals surface area contributed by atoms with Crippen LogP contribution in [0.1, 0.15) is 21.9 Å². The van der Waals surface area contributed by atoms with E-state index in [1.165, 1.54) is 18.2 Å². The Labute approximate surface area is 129 Å². The molecule has 0 aliphatic carbocycles. The first-order valence-corrected chi connectivity index (χ1v) is 6.52. The monoisotopic (exact) mass is 317 g/mol. The van der Waals surface area contributed by atoms with E-state index in [1.807, 2.05) is 0 Å². The van der Waals surface area contributed by atoms with Crippen LogP contribution in [0.2, 0.25) is 0 Å². The first kappa shape index (κ1) is 14.6. The molecule has 1 aliphatic heterocycles. The molecule has 1 aliphatic rings. The lowest BCUT2D eigenvalue weighted by atomic mass is 10.1. The van der Waals surface area contributed by atoms with Crippen molar-refractivity contribution in [1.29, 1.82) is 0 Å².